The first kappa shape index (κ1) is 11.9. The fourth-order valence-electron chi connectivity index (χ4n) is 1.01. The second kappa shape index (κ2) is 5.55. The minimum atomic E-state index is -0.188. The zero-order chi connectivity index (χ0) is 9.61. The number of ether oxygens (including phenoxy) is 1. The van der Waals surface area contributed by atoms with Gasteiger partial charge in [0.15, 0.2) is 0 Å². The maximum atomic E-state index is 5.78. The molecule has 0 aromatic heterocycles. The van der Waals surface area contributed by atoms with Crippen LogP contribution in [0.1, 0.15) is 40.5 Å². The summed E-state index contributed by atoms with van der Waals surface area (Å²) in [5, 5.41) is 0. The summed E-state index contributed by atoms with van der Waals surface area (Å²) in [5.41, 5.74) is 5.59. The predicted molar refractivity (Wildman–Crippen MR) is 53.2 cm³/mol. The topological polar surface area (TPSA) is 35.2 Å². The van der Waals surface area contributed by atoms with Crippen molar-refractivity contribution in [2.75, 3.05) is 13.2 Å². The molecule has 0 unspecified atom stereocenters. The predicted octanol–water partition coefficient (Wildman–Crippen LogP) is 2.18. The molecule has 0 aliphatic carbocycles. The van der Waals surface area contributed by atoms with Crippen LogP contribution in [0.4, 0.5) is 0 Å². The Kier molecular flexibility index (Phi) is 5.51. The highest BCUT2D eigenvalue weighted by atomic mass is 16.5. The lowest BCUT2D eigenvalue weighted by atomic mass is 10.1. The SMILES string of the molecule is CCC(CC)COCC(C)(C)N. The smallest absolute Gasteiger partial charge is 0.0640 e. The summed E-state index contributed by atoms with van der Waals surface area (Å²) in [6, 6.07) is 0. The number of rotatable bonds is 6. The summed E-state index contributed by atoms with van der Waals surface area (Å²) in [6.07, 6.45) is 2.39. The van der Waals surface area contributed by atoms with Crippen LogP contribution in [0.15, 0.2) is 0 Å². The number of hydrogen-bond acceptors (Lipinski definition) is 2. The standard InChI is InChI=1S/C10H23NO/c1-5-9(6-2)7-12-8-10(3,4)11/h9H,5-8,11H2,1-4H3. The third-order valence-corrected chi connectivity index (χ3v) is 1.98. The fourth-order valence-corrected chi connectivity index (χ4v) is 1.01. The Morgan fingerprint density at radius 1 is 1.25 bits per heavy atom. The van der Waals surface area contributed by atoms with Crippen molar-refractivity contribution in [3.8, 4) is 0 Å². The van der Waals surface area contributed by atoms with Crippen LogP contribution in [0, 0.1) is 5.92 Å². The van der Waals surface area contributed by atoms with Gasteiger partial charge >= 0.3 is 0 Å². The molecule has 2 heteroatoms. The van der Waals surface area contributed by atoms with Gasteiger partial charge in [-0.05, 0) is 19.8 Å². The normalized spacial score (nSPS) is 12.5. The molecule has 0 spiro atoms. The van der Waals surface area contributed by atoms with Crippen molar-refractivity contribution in [3.05, 3.63) is 0 Å². The van der Waals surface area contributed by atoms with E-state index in [0.29, 0.717) is 12.5 Å². The maximum Gasteiger partial charge on any atom is 0.0640 e. The molecule has 0 atom stereocenters. The van der Waals surface area contributed by atoms with E-state index in [1.54, 1.807) is 0 Å². The van der Waals surface area contributed by atoms with Crippen LogP contribution in [0.5, 0.6) is 0 Å². The van der Waals surface area contributed by atoms with Gasteiger partial charge in [0.25, 0.3) is 0 Å². The van der Waals surface area contributed by atoms with E-state index in [9.17, 15) is 0 Å². The van der Waals surface area contributed by atoms with E-state index in [1.807, 2.05) is 13.8 Å². The molecule has 0 bridgehead atoms. The van der Waals surface area contributed by atoms with E-state index >= 15 is 0 Å². The summed E-state index contributed by atoms with van der Waals surface area (Å²) in [6.45, 7) is 9.88. The van der Waals surface area contributed by atoms with Gasteiger partial charge in [0.05, 0.1) is 6.61 Å². The zero-order valence-electron chi connectivity index (χ0n) is 8.89. The molecular weight excluding hydrogens is 150 g/mol. The first-order valence-electron chi connectivity index (χ1n) is 4.86. The molecule has 0 heterocycles. The molecule has 0 saturated carbocycles. The minimum absolute atomic E-state index is 0.188. The summed E-state index contributed by atoms with van der Waals surface area (Å²) in [5.74, 6) is 0.701. The maximum absolute atomic E-state index is 5.78. The van der Waals surface area contributed by atoms with Crippen molar-refractivity contribution >= 4 is 0 Å². The number of hydrogen-bond donors (Lipinski definition) is 1. The van der Waals surface area contributed by atoms with Gasteiger partial charge < -0.3 is 10.5 Å². The summed E-state index contributed by atoms with van der Waals surface area (Å²) >= 11 is 0. The molecule has 0 amide bonds. The molecule has 2 N–H and O–H groups in total. The van der Waals surface area contributed by atoms with Gasteiger partial charge in [0.2, 0.25) is 0 Å². The lowest BCUT2D eigenvalue weighted by Gasteiger charge is -2.20. The van der Waals surface area contributed by atoms with E-state index in [1.165, 1.54) is 12.8 Å². The Bertz CT molecular complexity index is 103. The first-order valence-corrected chi connectivity index (χ1v) is 4.86. The highest BCUT2D eigenvalue weighted by Gasteiger charge is 2.11. The molecule has 74 valence electrons. The molecule has 12 heavy (non-hydrogen) atoms. The monoisotopic (exact) mass is 173 g/mol. The Hall–Kier alpha value is -0.0800. The Balaban J connectivity index is 3.41. The third kappa shape index (κ3) is 6.62. The van der Waals surface area contributed by atoms with Crippen molar-refractivity contribution in [2.24, 2.45) is 11.7 Å². The van der Waals surface area contributed by atoms with E-state index in [4.69, 9.17) is 10.5 Å². The molecule has 0 radical (unpaired) electrons. The average molecular weight is 173 g/mol. The highest BCUT2D eigenvalue weighted by molar-refractivity contribution is 4.70. The van der Waals surface area contributed by atoms with Gasteiger partial charge in [0.1, 0.15) is 0 Å². The highest BCUT2D eigenvalue weighted by Crippen LogP contribution is 2.08. The Labute approximate surface area is 76.5 Å². The quantitative estimate of drug-likeness (QED) is 0.668. The van der Waals surface area contributed by atoms with Gasteiger partial charge in [-0.3, -0.25) is 0 Å². The van der Waals surface area contributed by atoms with Gasteiger partial charge in [-0.15, -0.1) is 0 Å². The Morgan fingerprint density at radius 2 is 1.75 bits per heavy atom. The van der Waals surface area contributed by atoms with E-state index in [0.717, 1.165) is 6.61 Å². The van der Waals surface area contributed by atoms with Crippen LogP contribution in [-0.4, -0.2) is 18.8 Å². The van der Waals surface area contributed by atoms with Crippen LogP contribution < -0.4 is 5.73 Å². The molecule has 0 rings (SSSR count). The van der Waals surface area contributed by atoms with Crippen LogP contribution in [0.25, 0.3) is 0 Å². The van der Waals surface area contributed by atoms with Gasteiger partial charge in [-0.2, -0.15) is 0 Å². The minimum Gasteiger partial charge on any atom is -0.379 e. The molecule has 0 aromatic carbocycles. The third-order valence-electron chi connectivity index (χ3n) is 1.98. The summed E-state index contributed by atoms with van der Waals surface area (Å²) in [7, 11) is 0. The van der Waals surface area contributed by atoms with Crippen molar-refractivity contribution in [3.63, 3.8) is 0 Å². The van der Waals surface area contributed by atoms with Gasteiger partial charge in [-0.1, -0.05) is 26.7 Å². The second-order valence-corrected chi connectivity index (χ2v) is 4.19. The molecule has 2 nitrogen and oxygen atoms in total. The van der Waals surface area contributed by atoms with Crippen molar-refractivity contribution < 1.29 is 4.74 Å². The largest absolute Gasteiger partial charge is 0.379 e. The van der Waals surface area contributed by atoms with E-state index in [2.05, 4.69) is 13.8 Å². The number of nitrogens with two attached hydrogens (primary N) is 1. The lowest BCUT2D eigenvalue weighted by Crippen LogP contribution is -2.38. The van der Waals surface area contributed by atoms with E-state index in [-0.39, 0.29) is 5.54 Å². The van der Waals surface area contributed by atoms with Crippen LogP contribution >= 0.6 is 0 Å². The molecule has 0 aliphatic rings. The molecule has 0 aromatic rings. The van der Waals surface area contributed by atoms with Crippen molar-refractivity contribution in [1.82, 2.24) is 0 Å². The van der Waals surface area contributed by atoms with Crippen molar-refractivity contribution in [2.45, 2.75) is 46.1 Å². The zero-order valence-corrected chi connectivity index (χ0v) is 8.89. The summed E-state index contributed by atoms with van der Waals surface area (Å²) < 4.78 is 5.52. The van der Waals surface area contributed by atoms with Crippen LogP contribution in [-0.2, 0) is 4.74 Å². The van der Waals surface area contributed by atoms with Crippen LogP contribution in [0.2, 0.25) is 0 Å². The van der Waals surface area contributed by atoms with Gasteiger partial charge in [0, 0.05) is 12.1 Å². The molecule has 0 aliphatic heterocycles. The molecule has 0 fully saturated rings. The van der Waals surface area contributed by atoms with E-state index < -0.39 is 0 Å². The van der Waals surface area contributed by atoms with Crippen molar-refractivity contribution in [1.29, 1.82) is 0 Å². The lowest BCUT2D eigenvalue weighted by molar-refractivity contribution is 0.0673. The first-order chi connectivity index (χ1) is 5.49. The second-order valence-electron chi connectivity index (χ2n) is 4.19. The van der Waals surface area contributed by atoms with Gasteiger partial charge in [-0.25, -0.2) is 0 Å². The average Bonchev–Trinajstić information content (AvgIpc) is 1.96. The molecule has 0 saturated heterocycles. The molecular formula is C10H23NO. The fraction of sp³-hybridized carbons (Fsp3) is 1.00. The summed E-state index contributed by atoms with van der Waals surface area (Å²) in [4.78, 5) is 0. The van der Waals surface area contributed by atoms with Crippen LogP contribution in [0.3, 0.4) is 0 Å². The Morgan fingerprint density at radius 3 is 2.08 bits per heavy atom.